The van der Waals surface area contributed by atoms with Gasteiger partial charge in [0.2, 0.25) is 0 Å². The first-order chi connectivity index (χ1) is 14.3. The molecule has 0 saturated heterocycles. The Balaban J connectivity index is 2.03. The smallest absolute Gasteiger partial charge is 0.322 e. The summed E-state index contributed by atoms with van der Waals surface area (Å²) in [5.41, 5.74) is 0.768. The highest BCUT2D eigenvalue weighted by Gasteiger charge is 2.27. The van der Waals surface area contributed by atoms with Crippen molar-refractivity contribution in [2.75, 3.05) is 20.2 Å². The molecule has 0 aliphatic carbocycles. The van der Waals surface area contributed by atoms with Crippen LogP contribution in [0.5, 0.6) is 5.75 Å². The molecule has 1 aliphatic heterocycles. The molecule has 0 fully saturated rings. The van der Waals surface area contributed by atoms with Crippen molar-refractivity contribution in [1.29, 1.82) is 0 Å². The Hall–Kier alpha value is -3.66. The Morgan fingerprint density at radius 3 is 2.50 bits per heavy atom. The minimum Gasteiger partial charge on any atom is -0.507 e. The number of nitrogens with one attached hydrogen (secondary N) is 2. The number of hydrogen-bond donors (Lipinski definition) is 4. The van der Waals surface area contributed by atoms with Crippen LogP contribution in [-0.4, -0.2) is 52.8 Å². The summed E-state index contributed by atoms with van der Waals surface area (Å²) in [6, 6.07) is 6.60. The molecule has 30 heavy (non-hydrogen) atoms. The van der Waals surface area contributed by atoms with E-state index in [0.717, 1.165) is 0 Å². The van der Waals surface area contributed by atoms with Gasteiger partial charge in [-0.3, -0.25) is 19.2 Å². The SMILES string of the molecule is CNC(=O)c1ccc(Cn2c3c(c(O)c(C(=O)NCC(=O)O)c2=O)CCOC3)cc1. The van der Waals surface area contributed by atoms with Crippen LogP contribution in [0.25, 0.3) is 0 Å². The van der Waals surface area contributed by atoms with Gasteiger partial charge < -0.3 is 30.2 Å². The number of nitrogens with zero attached hydrogens (tertiary/aromatic N) is 1. The van der Waals surface area contributed by atoms with E-state index >= 15 is 0 Å². The van der Waals surface area contributed by atoms with E-state index in [-0.39, 0.29) is 19.1 Å². The van der Waals surface area contributed by atoms with Crippen molar-refractivity contribution in [2.24, 2.45) is 0 Å². The number of carbonyl (C=O) groups excluding carboxylic acids is 2. The van der Waals surface area contributed by atoms with Gasteiger partial charge in [0.15, 0.2) is 0 Å². The summed E-state index contributed by atoms with van der Waals surface area (Å²) >= 11 is 0. The van der Waals surface area contributed by atoms with Crippen molar-refractivity contribution in [3.63, 3.8) is 0 Å². The van der Waals surface area contributed by atoms with Gasteiger partial charge >= 0.3 is 5.97 Å². The van der Waals surface area contributed by atoms with Gasteiger partial charge in [0, 0.05) is 24.6 Å². The zero-order chi connectivity index (χ0) is 21.8. The summed E-state index contributed by atoms with van der Waals surface area (Å²) in [6.45, 7) is -0.196. The molecule has 1 aliphatic rings. The van der Waals surface area contributed by atoms with E-state index in [9.17, 15) is 24.3 Å². The lowest BCUT2D eigenvalue weighted by Gasteiger charge is -2.24. The van der Waals surface area contributed by atoms with Crippen molar-refractivity contribution < 1.29 is 29.3 Å². The first-order valence-electron chi connectivity index (χ1n) is 9.19. The number of aromatic nitrogens is 1. The minimum atomic E-state index is -1.27. The summed E-state index contributed by atoms with van der Waals surface area (Å²) in [7, 11) is 1.52. The van der Waals surface area contributed by atoms with E-state index in [1.165, 1.54) is 11.6 Å². The van der Waals surface area contributed by atoms with Crippen LogP contribution in [0.15, 0.2) is 29.1 Å². The van der Waals surface area contributed by atoms with Crippen molar-refractivity contribution in [3.05, 3.63) is 62.6 Å². The minimum absolute atomic E-state index is 0.0814. The van der Waals surface area contributed by atoms with Gasteiger partial charge in [-0.05, 0) is 17.7 Å². The zero-order valence-corrected chi connectivity index (χ0v) is 16.2. The van der Waals surface area contributed by atoms with E-state index in [2.05, 4.69) is 10.6 Å². The van der Waals surface area contributed by atoms with E-state index in [1.807, 2.05) is 0 Å². The molecule has 2 aromatic rings. The fourth-order valence-corrected chi connectivity index (χ4v) is 3.28. The fourth-order valence-electron chi connectivity index (χ4n) is 3.28. The van der Waals surface area contributed by atoms with E-state index in [4.69, 9.17) is 9.84 Å². The standard InChI is InChI=1S/C20H21N3O7/c1-21-18(27)12-4-2-11(3-5-12)9-23-14-10-30-7-6-13(14)17(26)16(20(23)29)19(28)22-8-15(24)25/h2-5,26H,6-10H2,1H3,(H,21,27)(H,22,28)(H,24,25). The average Bonchev–Trinajstić information content (AvgIpc) is 2.75. The predicted octanol–water partition coefficient (Wildman–Crippen LogP) is -0.151. The molecule has 158 valence electrons. The number of amides is 2. The predicted molar refractivity (Wildman–Crippen MR) is 105 cm³/mol. The number of aliphatic carboxylic acids is 1. The van der Waals surface area contributed by atoms with Gasteiger partial charge in [0.05, 0.1) is 25.5 Å². The van der Waals surface area contributed by atoms with Crippen LogP contribution in [0.4, 0.5) is 0 Å². The first-order valence-corrected chi connectivity index (χ1v) is 9.19. The molecule has 0 unspecified atom stereocenters. The lowest BCUT2D eigenvalue weighted by atomic mass is 10.0. The van der Waals surface area contributed by atoms with Crippen LogP contribution in [0.2, 0.25) is 0 Å². The van der Waals surface area contributed by atoms with Crippen LogP contribution in [0, 0.1) is 0 Å². The summed E-state index contributed by atoms with van der Waals surface area (Å²) in [6.07, 6.45) is 0.302. The number of carbonyl (C=O) groups is 3. The molecule has 0 bridgehead atoms. The summed E-state index contributed by atoms with van der Waals surface area (Å²) in [5.74, 6) is -2.93. The molecule has 0 saturated carbocycles. The Morgan fingerprint density at radius 2 is 1.87 bits per heavy atom. The number of rotatable bonds is 6. The Labute approximate surface area is 171 Å². The largest absolute Gasteiger partial charge is 0.507 e. The van der Waals surface area contributed by atoms with Gasteiger partial charge in [-0.15, -0.1) is 0 Å². The molecule has 2 amide bonds. The van der Waals surface area contributed by atoms with E-state index < -0.39 is 35.3 Å². The molecule has 10 heteroatoms. The molecule has 0 atom stereocenters. The molecular weight excluding hydrogens is 394 g/mol. The highest BCUT2D eigenvalue weighted by atomic mass is 16.5. The third-order valence-corrected chi connectivity index (χ3v) is 4.80. The van der Waals surface area contributed by atoms with Gasteiger partial charge in [-0.25, -0.2) is 0 Å². The average molecular weight is 415 g/mol. The molecule has 4 N–H and O–H groups in total. The maximum Gasteiger partial charge on any atom is 0.322 e. The van der Waals surface area contributed by atoms with Crippen LogP contribution in [0.3, 0.4) is 0 Å². The van der Waals surface area contributed by atoms with Crippen molar-refractivity contribution in [3.8, 4) is 5.75 Å². The molecule has 1 aromatic heterocycles. The summed E-state index contributed by atoms with van der Waals surface area (Å²) < 4.78 is 6.76. The number of hydrogen-bond acceptors (Lipinski definition) is 6. The van der Waals surface area contributed by atoms with Crippen LogP contribution in [0.1, 0.15) is 37.5 Å². The Morgan fingerprint density at radius 1 is 1.17 bits per heavy atom. The molecule has 0 radical (unpaired) electrons. The van der Waals surface area contributed by atoms with Crippen molar-refractivity contribution in [2.45, 2.75) is 19.6 Å². The van der Waals surface area contributed by atoms with Gasteiger partial charge in [0.25, 0.3) is 17.4 Å². The topological polar surface area (TPSA) is 147 Å². The van der Waals surface area contributed by atoms with Gasteiger partial charge in [0.1, 0.15) is 17.9 Å². The van der Waals surface area contributed by atoms with Gasteiger partial charge in [-0.2, -0.15) is 0 Å². The maximum absolute atomic E-state index is 13.0. The number of fused-ring (bicyclic) bond motifs is 1. The molecule has 1 aromatic carbocycles. The number of carboxylic acid groups (broad SMARTS) is 1. The number of ether oxygens (including phenoxy) is 1. The van der Waals surface area contributed by atoms with Crippen LogP contribution >= 0.6 is 0 Å². The van der Waals surface area contributed by atoms with Gasteiger partial charge in [-0.1, -0.05) is 12.1 Å². The molecule has 10 nitrogen and oxygen atoms in total. The second-order valence-corrected chi connectivity index (χ2v) is 6.70. The summed E-state index contributed by atoms with van der Waals surface area (Å²) in [5, 5.41) is 23.9. The lowest BCUT2D eigenvalue weighted by molar-refractivity contribution is -0.135. The number of benzene rings is 1. The Kier molecular flexibility index (Phi) is 6.17. The monoisotopic (exact) mass is 415 g/mol. The summed E-state index contributed by atoms with van der Waals surface area (Å²) in [4.78, 5) is 47.9. The van der Waals surface area contributed by atoms with Crippen LogP contribution < -0.4 is 16.2 Å². The number of carboxylic acids is 1. The van der Waals surface area contributed by atoms with Crippen molar-refractivity contribution in [1.82, 2.24) is 15.2 Å². The zero-order valence-electron chi connectivity index (χ0n) is 16.2. The molecule has 2 heterocycles. The van der Waals surface area contributed by atoms with E-state index in [1.54, 1.807) is 24.3 Å². The first kappa shape index (κ1) is 21.1. The maximum atomic E-state index is 13.0. The quantitative estimate of drug-likeness (QED) is 0.513. The highest BCUT2D eigenvalue weighted by molar-refractivity contribution is 5.98. The Bertz CT molecular complexity index is 1060. The van der Waals surface area contributed by atoms with Crippen molar-refractivity contribution >= 4 is 17.8 Å². The fraction of sp³-hybridized carbons (Fsp3) is 0.300. The third-order valence-electron chi connectivity index (χ3n) is 4.80. The second-order valence-electron chi connectivity index (χ2n) is 6.70. The normalized spacial score (nSPS) is 12.7. The van der Waals surface area contributed by atoms with Crippen LogP contribution in [-0.2, 0) is 29.1 Å². The second kappa shape index (κ2) is 8.78. The lowest BCUT2D eigenvalue weighted by Crippen LogP contribution is -2.38. The number of pyridine rings is 1. The molecule has 3 rings (SSSR count). The molecule has 0 spiro atoms. The van der Waals surface area contributed by atoms with E-state index in [0.29, 0.717) is 35.4 Å². The molecular formula is C20H21N3O7. The third kappa shape index (κ3) is 4.18. The number of aromatic hydroxyl groups is 1. The highest BCUT2D eigenvalue weighted by Crippen LogP contribution is 2.28.